The summed E-state index contributed by atoms with van der Waals surface area (Å²) in [6, 6.07) is 4.88. The lowest BCUT2D eigenvalue weighted by Gasteiger charge is -2.30. The van der Waals surface area contributed by atoms with Crippen molar-refractivity contribution in [2.75, 3.05) is 7.05 Å². The molecule has 1 aliphatic rings. The average molecular weight is 369 g/mol. The Balaban J connectivity index is 2.08. The number of aldehydes is 1. The lowest BCUT2D eigenvalue weighted by Crippen LogP contribution is -2.51. The normalized spacial score (nSPS) is 16.3. The van der Waals surface area contributed by atoms with Crippen LogP contribution >= 0.6 is 0 Å². The maximum Gasteiger partial charge on any atom is 0.296 e. The number of amides is 3. The summed E-state index contributed by atoms with van der Waals surface area (Å²) in [5.41, 5.74) is 2.11. The Morgan fingerprint density at radius 1 is 1.41 bits per heavy atom. The van der Waals surface area contributed by atoms with E-state index in [9.17, 15) is 19.2 Å². The molecule has 2 rings (SSSR count). The molecule has 0 spiro atoms. The quantitative estimate of drug-likeness (QED) is 0.439. The van der Waals surface area contributed by atoms with Crippen molar-refractivity contribution in [2.24, 2.45) is 0 Å². The Hall–Kier alpha value is -2.98. The highest BCUT2D eigenvalue weighted by atomic mass is 16.2. The van der Waals surface area contributed by atoms with Gasteiger partial charge in [-0.1, -0.05) is 31.0 Å². The van der Waals surface area contributed by atoms with Gasteiger partial charge in [-0.25, -0.2) is 0 Å². The van der Waals surface area contributed by atoms with E-state index in [1.54, 1.807) is 19.2 Å². The summed E-state index contributed by atoms with van der Waals surface area (Å²) >= 11 is 0. The van der Waals surface area contributed by atoms with Crippen LogP contribution in [0.15, 0.2) is 18.2 Å². The maximum atomic E-state index is 12.0. The first-order valence-corrected chi connectivity index (χ1v) is 8.82. The highest BCUT2D eigenvalue weighted by Crippen LogP contribution is 2.17. The summed E-state index contributed by atoms with van der Waals surface area (Å²) in [5.74, 6) is 4.26. The number of piperidine rings is 1. The summed E-state index contributed by atoms with van der Waals surface area (Å²) in [7, 11) is 1.78. The molecule has 1 atom stereocenters. The van der Waals surface area contributed by atoms with Crippen LogP contribution in [0, 0.1) is 11.8 Å². The number of nitrogens with one attached hydrogen (secondary N) is 2. The lowest BCUT2D eigenvalue weighted by molar-refractivity contribution is -0.137. The number of benzene rings is 1. The molecule has 1 aliphatic heterocycles. The Morgan fingerprint density at radius 3 is 2.85 bits per heavy atom. The van der Waals surface area contributed by atoms with Gasteiger partial charge in [-0.3, -0.25) is 29.4 Å². The van der Waals surface area contributed by atoms with Crippen LogP contribution in [-0.4, -0.2) is 42.0 Å². The number of likely N-dealkylation sites (N-methyl/N-ethyl adjacent to an activating group) is 1. The first-order chi connectivity index (χ1) is 12.9. The fourth-order valence-electron chi connectivity index (χ4n) is 2.90. The predicted octanol–water partition coefficient (Wildman–Crippen LogP) is 0.766. The van der Waals surface area contributed by atoms with Crippen molar-refractivity contribution in [3.63, 3.8) is 0 Å². The SMILES string of the molecule is CCC#CC(=O)NCc1ccc(C=O)c(CN(C)C2CCC(=O)NC2=O)c1. The zero-order valence-corrected chi connectivity index (χ0v) is 15.5. The van der Waals surface area contributed by atoms with Crippen molar-refractivity contribution in [3.05, 3.63) is 34.9 Å². The van der Waals surface area contributed by atoms with Gasteiger partial charge < -0.3 is 5.32 Å². The Bertz CT molecular complexity index is 807. The van der Waals surface area contributed by atoms with E-state index in [0.717, 1.165) is 17.4 Å². The number of hydrogen-bond donors (Lipinski definition) is 2. The number of carbonyl (C=O) groups excluding carboxylic acids is 4. The van der Waals surface area contributed by atoms with Crippen molar-refractivity contribution in [1.82, 2.24) is 15.5 Å². The average Bonchev–Trinajstić information content (AvgIpc) is 2.64. The minimum Gasteiger partial charge on any atom is -0.341 e. The zero-order valence-electron chi connectivity index (χ0n) is 15.5. The Labute approximate surface area is 158 Å². The van der Waals surface area contributed by atoms with Gasteiger partial charge >= 0.3 is 0 Å². The van der Waals surface area contributed by atoms with E-state index in [1.165, 1.54) is 0 Å². The Kier molecular flexibility index (Phi) is 7.26. The van der Waals surface area contributed by atoms with E-state index < -0.39 is 6.04 Å². The van der Waals surface area contributed by atoms with E-state index in [0.29, 0.717) is 37.9 Å². The summed E-state index contributed by atoms with van der Waals surface area (Å²) in [4.78, 5) is 48.1. The molecule has 3 amide bonds. The van der Waals surface area contributed by atoms with E-state index in [-0.39, 0.29) is 17.7 Å². The highest BCUT2D eigenvalue weighted by molar-refractivity contribution is 6.00. The standard InChI is InChI=1S/C20H23N3O4/c1-3-4-5-18(25)21-11-14-6-7-15(13-24)16(10-14)12-23(2)17-8-9-19(26)22-20(17)27/h6-7,10,13,17H,3,8-9,11-12H2,1-2H3,(H,21,25)(H,22,26,27). The third-order valence-corrected chi connectivity index (χ3v) is 4.33. The fraction of sp³-hybridized carbons (Fsp3) is 0.400. The molecule has 1 saturated heterocycles. The first-order valence-electron chi connectivity index (χ1n) is 8.82. The van der Waals surface area contributed by atoms with Crippen LogP contribution < -0.4 is 10.6 Å². The number of nitrogens with zero attached hydrogens (tertiary/aromatic N) is 1. The minimum atomic E-state index is -0.421. The topological polar surface area (TPSA) is 95.6 Å². The highest BCUT2D eigenvalue weighted by Gasteiger charge is 2.29. The van der Waals surface area contributed by atoms with Crippen molar-refractivity contribution in [2.45, 2.75) is 45.3 Å². The Morgan fingerprint density at radius 2 is 2.19 bits per heavy atom. The van der Waals surface area contributed by atoms with E-state index in [4.69, 9.17) is 0 Å². The van der Waals surface area contributed by atoms with Crippen molar-refractivity contribution in [1.29, 1.82) is 0 Å². The number of rotatable bonds is 6. The third-order valence-electron chi connectivity index (χ3n) is 4.33. The number of imide groups is 1. The molecule has 2 N–H and O–H groups in total. The molecule has 0 saturated carbocycles. The second-order valence-corrected chi connectivity index (χ2v) is 6.37. The molecule has 142 valence electrons. The summed E-state index contributed by atoms with van der Waals surface area (Å²) in [6.07, 6.45) is 2.12. The van der Waals surface area contributed by atoms with Gasteiger partial charge in [-0.15, -0.1) is 0 Å². The van der Waals surface area contributed by atoms with Crippen LogP contribution in [0.1, 0.15) is 47.7 Å². The van der Waals surface area contributed by atoms with Crippen LogP contribution in [0.3, 0.4) is 0 Å². The van der Waals surface area contributed by atoms with Gasteiger partial charge in [0.25, 0.3) is 5.91 Å². The van der Waals surface area contributed by atoms with Gasteiger partial charge in [0.15, 0.2) is 0 Å². The molecular formula is C20H23N3O4. The third kappa shape index (κ3) is 5.76. The molecule has 27 heavy (non-hydrogen) atoms. The van der Waals surface area contributed by atoms with Gasteiger partial charge in [0, 0.05) is 31.5 Å². The van der Waals surface area contributed by atoms with Crippen LogP contribution in [0.25, 0.3) is 0 Å². The summed E-state index contributed by atoms with van der Waals surface area (Å²) in [6.45, 7) is 2.53. The molecular weight excluding hydrogens is 346 g/mol. The van der Waals surface area contributed by atoms with Crippen molar-refractivity contribution in [3.8, 4) is 11.8 Å². The van der Waals surface area contributed by atoms with Crippen LogP contribution in [0.5, 0.6) is 0 Å². The monoisotopic (exact) mass is 369 g/mol. The molecule has 1 fully saturated rings. The number of carbonyl (C=O) groups is 4. The molecule has 7 heteroatoms. The molecule has 1 aromatic carbocycles. The van der Waals surface area contributed by atoms with Crippen molar-refractivity contribution < 1.29 is 19.2 Å². The molecule has 0 aliphatic carbocycles. The molecule has 1 aromatic rings. The summed E-state index contributed by atoms with van der Waals surface area (Å²) in [5, 5.41) is 5.05. The molecule has 7 nitrogen and oxygen atoms in total. The predicted molar refractivity (Wildman–Crippen MR) is 99.4 cm³/mol. The van der Waals surface area contributed by atoms with E-state index in [2.05, 4.69) is 22.5 Å². The second kappa shape index (κ2) is 9.64. The smallest absolute Gasteiger partial charge is 0.296 e. The van der Waals surface area contributed by atoms with Crippen LogP contribution in [-0.2, 0) is 27.5 Å². The van der Waals surface area contributed by atoms with Gasteiger partial charge in [-0.2, -0.15) is 0 Å². The molecule has 1 heterocycles. The van der Waals surface area contributed by atoms with Crippen molar-refractivity contribution >= 4 is 24.0 Å². The maximum absolute atomic E-state index is 12.0. The van der Waals surface area contributed by atoms with Crippen LogP contribution in [0.4, 0.5) is 0 Å². The molecule has 1 unspecified atom stereocenters. The van der Waals surface area contributed by atoms with E-state index >= 15 is 0 Å². The number of hydrogen-bond acceptors (Lipinski definition) is 5. The van der Waals surface area contributed by atoms with Gasteiger partial charge in [-0.05, 0) is 30.5 Å². The fourth-order valence-corrected chi connectivity index (χ4v) is 2.90. The van der Waals surface area contributed by atoms with Crippen LogP contribution in [0.2, 0.25) is 0 Å². The largest absolute Gasteiger partial charge is 0.341 e. The first kappa shape index (κ1) is 20.3. The lowest BCUT2D eigenvalue weighted by atomic mass is 10.0. The zero-order chi connectivity index (χ0) is 19.8. The molecule has 0 aromatic heterocycles. The summed E-state index contributed by atoms with van der Waals surface area (Å²) < 4.78 is 0. The van der Waals surface area contributed by atoms with E-state index in [1.807, 2.05) is 17.9 Å². The second-order valence-electron chi connectivity index (χ2n) is 6.37. The van der Waals surface area contributed by atoms with Gasteiger partial charge in [0.05, 0.1) is 6.04 Å². The molecule has 0 bridgehead atoms. The van der Waals surface area contributed by atoms with Gasteiger partial charge in [0.1, 0.15) is 6.29 Å². The minimum absolute atomic E-state index is 0.262. The van der Waals surface area contributed by atoms with Gasteiger partial charge in [0.2, 0.25) is 11.8 Å². The molecule has 0 radical (unpaired) electrons.